The van der Waals surface area contributed by atoms with Crippen molar-refractivity contribution >= 4 is 31.5 Å². The zero-order chi connectivity index (χ0) is 18.7. The molecular formula is C17H26Cl2F2N2OSi. The van der Waals surface area contributed by atoms with E-state index in [-0.39, 0.29) is 19.1 Å². The number of halogens is 4. The molecule has 0 bridgehead atoms. The maximum absolute atomic E-state index is 13.1. The summed E-state index contributed by atoms with van der Waals surface area (Å²) >= 11 is 12.6. The standard InChI is InChI=1S/C17H26Cl2F2N2OSi/c1-4-25(5-2,6-3)24-15(11-22-8-12-7-17(12,20)21)16-13(18)9-23-10-14(16)19/h9-10,12,15,22H,4-8,11H2,1-3H3/t12-,15?/m1/s1. The molecule has 3 nitrogen and oxygen atoms in total. The van der Waals surface area contributed by atoms with Crippen molar-refractivity contribution in [2.24, 2.45) is 5.92 Å². The second-order valence-corrected chi connectivity index (χ2v) is 12.2. The van der Waals surface area contributed by atoms with Gasteiger partial charge in [0.15, 0.2) is 8.32 Å². The lowest BCUT2D eigenvalue weighted by Crippen LogP contribution is -2.40. The maximum Gasteiger partial charge on any atom is 0.252 e. The van der Waals surface area contributed by atoms with E-state index in [0.717, 1.165) is 18.1 Å². The Hall–Kier alpha value is -0.273. The predicted octanol–water partition coefficient (Wildman–Crippen LogP) is 5.70. The van der Waals surface area contributed by atoms with Crippen LogP contribution < -0.4 is 5.32 Å². The third-order valence-corrected chi connectivity index (χ3v) is 10.5. The Morgan fingerprint density at radius 1 is 1.24 bits per heavy atom. The first-order valence-electron chi connectivity index (χ1n) is 8.83. The summed E-state index contributed by atoms with van der Waals surface area (Å²) in [6, 6.07) is 2.95. The molecule has 2 atom stereocenters. The van der Waals surface area contributed by atoms with Gasteiger partial charge in [-0.1, -0.05) is 44.0 Å². The third-order valence-electron chi connectivity index (χ3n) is 5.21. The van der Waals surface area contributed by atoms with Crippen molar-refractivity contribution < 1.29 is 13.2 Å². The summed E-state index contributed by atoms with van der Waals surface area (Å²) in [5.74, 6) is -3.11. The summed E-state index contributed by atoms with van der Waals surface area (Å²) in [4.78, 5) is 3.99. The normalized spacial score (nSPS) is 20.5. The Bertz CT molecular complexity index is 559. The summed E-state index contributed by atoms with van der Waals surface area (Å²) in [6.07, 6.45) is 2.68. The summed E-state index contributed by atoms with van der Waals surface area (Å²) < 4.78 is 32.8. The lowest BCUT2D eigenvalue weighted by atomic mass is 10.1. The average molecular weight is 411 g/mol. The van der Waals surface area contributed by atoms with Crippen LogP contribution in [0.5, 0.6) is 0 Å². The molecule has 1 heterocycles. The highest BCUT2D eigenvalue weighted by Crippen LogP contribution is 2.48. The van der Waals surface area contributed by atoms with Crippen molar-refractivity contribution in [3.8, 4) is 0 Å². The van der Waals surface area contributed by atoms with Gasteiger partial charge in [-0.05, 0) is 18.1 Å². The zero-order valence-electron chi connectivity index (χ0n) is 14.9. The van der Waals surface area contributed by atoms with Crippen LogP contribution in [0.2, 0.25) is 28.2 Å². The Labute approximate surface area is 159 Å². The van der Waals surface area contributed by atoms with E-state index in [1.165, 1.54) is 0 Å². The van der Waals surface area contributed by atoms with Crippen LogP contribution in [0.1, 0.15) is 38.9 Å². The molecule has 142 valence electrons. The molecule has 1 aromatic rings. The van der Waals surface area contributed by atoms with Gasteiger partial charge in [0, 0.05) is 43.4 Å². The molecule has 1 fully saturated rings. The van der Waals surface area contributed by atoms with Gasteiger partial charge in [-0.3, -0.25) is 4.98 Å². The van der Waals surface area contributed by atoms with Crippen molar-refractivity contribution in [1.29, 1.82) is 0 Å². The SMILES string of the molecule is CC[Si](CC)(CC)OC(CNC[C@H]1CC1(F)F)c1c(Cl)cncc1Cl. The molecule has 1 aliphatic carbocycles. The molecule has 1 unspecified atom stereocenters. The summed E-state index contributed by atoms with van der Waals surface area (Å²) in [5, 5.41) is 4.02. The van der Waals surface area contributed by atoms with E-state index in [1.54, 1.807) is 12.4 Å². The first kappa shape index (κ1) is 21.0. The topological polar surface area (TPSA) is 34.1 Å². The number of rotatable bonds is 10. The van der Waals surface area contributed by atoms with E-state index in [2.05, 4.69) is 31.1 Å². The Balaban J connectivity index is 2.16. The summed E-state index contributed by atoms with van der Waals surface area (Å²) in [5.41, 5.74) is 0.695. The second kappa shape index (κ2) is 8.61. The molecule has 25 heavy (non-hydrogen) atoms. The van der Waals surface area contributed by atoms with Crippen molar-refractivity contribution in [3.63, 3.8) is 0 Å². The first-order chi connectivity index (χ1) is 11.8. The maximum atomic E-state index is 13.1. The highest BCUT2D eigenvalue weighted by Gasteiger charge is 2.56. The molecule has 1 aromatic heterocycles. The number of pyridine rings is 1. The molecule has 1 N–H and O–H groups in total. The van der Waals surface area contributed by atoms with Crippen LogP contribution in [-0.2, 0) is 4.43 Å². The summed E-state index contributed by atoms with van der Waals surface area (Å²) in [7, 11) is -1.92. The monoisotopic (exact) mass is 410 g/mol. The van der Waals surface area contributed by atoms with E-state index in [4.69, 9.17) is 27.6 Å². The van der Waals surface area contributed by atoms with Gasteiger partial charge in [-0.15, -0.1) is 0 Å². The van der Waals surface area contributed by atoms with Crippen LogP contribution in [0.4, 0.5) is 8.78 Å². The van der Waals surface area contributed by atoms with Crippen LogP contribution in [-0.4, -0.2) is 32.3 Å². The predicted molar refractivity (Wildman–Crippen MR) is 101 cm³/mol. The van der Waals surface area contributed by atoms with Crippen molar-refractivity contribution in [2.45, 2.75) is 57.4 Å². The van der Waals surface area contributed by atoms with E-state index in [0.29, 0.717) is 22.2 Å². The molecule has 1 saturated carbocycles. The average Bonchev–Trinajstić information content (AvgIpc) is 3.19. The minimum Gasteiger partial charge on any atom is -0.409 e. The van der Waals surface area contributed by atoms with Gasteiger partial charge in [-0.25, -0.2) is 8.78 Å². The third kappa shape index (κ3) is 5.13. The van der Waals surface area contributed by atoms with Gasteiger partial charge in [-0.2, -0.15) is 0 Å². The Morgan fingerprint density at radius 2 is 1.76 bits per heavy atom. The highest BCUT2D eigenvalue weighted by atomic mass is 35.5. The number of aromatic nitrogens is 1. The van der Waals surface area contributed by atoms with Crippen LogP contribution in [0, 0.1) is 5.92 Å². The first-order valence-corrected chi connectivity index (χ1v) is 12.1. The largest absolute Gasteiger partial charge is 0.409 e. The second-order valence-electron chi connectivity index (χ2n) is 6.69. The number of nitrogens with one attached hydrogen (secondary N) is 1. The lowest BCUT2D eigenvalue weighted by molar-refractivity contribution is 0.0972. The highest BCUT2D eigenvalue weighted by molar-refractivity contribution is 6.73. The molecule has 2 rings (SSSR count). The molecular weight excluding hydrogens is 385 g/mol. The van der Waals surface area contributed by atoms with E-state index in [1.807, 2.05) is 0 Å². The minimum absolute atomic E-state index is 0.0418. The van der Waals surface area contributed by atoms with Crippen LogP contribution in [0.25, 0.3) is 0 Å². The number of hydrogen-bond donors (Lipinski definition) is 1. The fourth-order valence-electron chi connectivity index (χ4n) is 3.11. The fourth-order valence-corrected chi connectivity index (χ4v) is 6.53. The lowest BCUT2D eigenvalue weighted by Gasteiger charge is -2.34. The van der Waals surface area contributed by atoms with Crippen LogP contribution in [0.15, 0.2) is 12.4 Å². The number of hydrogen-bond acceptors (Lipinski definition) is 3. The molecule has 1 aliphatic rings. The minimum atomic E-state index is -2.52. The van der Waals surface area contributed by atoms with E-state index >= 15 is 0 Å². The quantitative estimate of drug-likeness (QED) is 0.502. The van der Waals surface area contributed by atoms with E-state index in [9.17, 15) is 8.78 Å². The van der Waals surface area contributed by atoms with Gasteiger partial charge in [0.05, 0.1) is 16.1 Å². The van der Waals surface area contributed by atoms with E-state index < -0.39 is 20.2 Å². The van der Waals surface area contributed by atoms with Gasteiger partial charge >= 0.3 is 0 Å². The molecule has 0 aromatic carbocycles. The number of nitrogens with zero attached hydrogens (tertiary/aromatic N) is 1. The van der Waals surface area contributed by atoms with Gasteiger partial charge < -0.3 is 9.74 Å². The Kier molecular flexibility index (Phi) is 7.24. The fraction of sp³-hybridized carbons (Fsp3) is 0.706. The Morgan fingerprint density at radius 3 is 2.20 bits per heavy atom. The molecule has 0 saturated heterocycles. The molecule has 0 radical (unpaired) electrons. The van der Waals surface area contributed by atoms with Crippen LogP contribution in [0.3, 0.4) is 0 Å². The smallest absolute Gasteiger partial charge is 0.252 e. The molecule has 0 spiro atoms. The van der Waals surface area contributed by atoms with Crippen molar-refractivity contribution in [2.75, 3.05) is 13.1 Å². The van der Waals surface area contributed by atoms with Crippen LogP contribution >= 0.6 is 23.2 Å². The zero-order valence-corrected chi connectivity index (χ0v) is 17.4. The van der Waals surface area contributed by atoms with Crippen molar-refractivity contribution in [1.82, 2.24) is 10.3 Å². The van der Waals surface area contributed by atoms with Gasteiger partial charge in [0.2, 0.25) is 0 Å². The molecule has 8 heteroatoms. The van der Waals surface area contributed by atoms with Gasteiger partial charge in [0.25, 0.3) is 5.92 Å². The summed E-state index contributed by atoms with van der Waals surface area (Å²) in [6.45, 7) is 7.11. The molecule has 0 amide bonds. The molecule has 0 aliphatic heterocycles. The number of alkyl halides is 2. The van der Waals surface area contributed by atoms with Crippen molar-refractivity contribution in [3.05, 3.63) is 28.0 Å². The van der Waals surface area contributed by atoms with Gasteiger partial charge in [0.1, 0.15) is 0 Å².